The second-order valence-electron chi connectivity index (χ2n) is 4.58. The van der Waals surface area contributed by atoms with Gasteiger partial charge in [-0.15, -0.1) is 5.10 Å². The molecule has 106 valence electrons. The zero-order valence-corrected chi connectivity index (χ0v) is 11.4. The maximum atomic E-state index is 11.9. The number of aromatic nitrogens is 3. The number of carbonyl (C=O) groups excluding carboxylic acids is 1. The number of aliphatic hydroxyl groups excluding tert-OH is 1. The van der Waals surface area contributed by atoms with E-state index in [0.29, 0.717) is 12.1 Å². The summed E-state index contributed by atoms with van der Waals surface area (Å²) in [7, 11) is 0. The highest BCUT2D eigenvalue weighted by molar-refractivity contribution is 5.76. The van der Waals surface area contributed by atoms with Crippen LogP contribution in [0.25, 0.3) is 0 Å². The molecule has 0 bridgehead atoms. The van der Waals surface area contributed by atoms with Gasteiger partial charge >= 0.3 is 0 Å². The zero-order valence-electron chi connectivity index (χ0n) is 11.4. The van der Waals surface area contributed by atoms with Crippen molar-refractivity contribution >= 4 is 5.91 Å². The monoisotopic (exact) mass is 274 g/mol. The van der Waals surface area contributed by atoms with Crippen LogP contribution < -0.4 is 5.32 Å². The topological polar surface area (TPSA) is 80.0 Å². The maximum absolute atomic E-state index is 11.9. The van der Waals surface area contributed by atoms with Crippen molar-refractivity contribution in [2.45, 2.75) is 25.9 Å². The number of carbonyl (C=O) groups is 1. The second-order valence-corrected chi connectivity index (χ2v) is 4.58. The summed E-state index contributed by atoms with van der Waals surface area (Å²) in [5, 5.41) is 19.4. The van der Waals surface area contributed by atoms with Gasteiger partial charge in [-0.1, -0.05) is 35.5 Å². The van der Waals surface area contributed by atoms with Crippen LogP contribution in [0.1, 0.15) is 24.2 Å². The van der Waals surface area contributed by atoms with Gasteiger partial charge < -0.3 is 10.4 Å². The minimum absolute atomic E-state index is 0.0237. The van der Waals surface area contributed by atoms with Crippen LogP contribution in [0, 0.1) is 0 Å². The standard InChI is InChI=1S/C14H18N4O2/c1-11(12-5-3-2-4-6-12)15-14(20)10-18-9-13(7-8-19)16-17-18/h2-6,9,11,19H,7-8,10H2,1H3,(H,15,20). The molecule has 2 N–H and O–H groups in total. The minimum atomic E-state index is -0.123. The van der Waals surface area contributed by atoms with Crippen molar-refractivity contribution in [2.75, 3.05) is 6.61 Å². The fourth-order valence-corrected chi connectivity index (χ4v) is 1.90. The molecule has 0 saturated heterocycles. The number of benzene rings is 1. The Morgan fingerprint density at radius 2 is 2.15 bits per heavy atom. The first-order valence-electron chi connectivity index (χ1n) is 6.53. The summed E-state index contributed by atoms with van der Waals surface area (Å²) >= 11 is 0. The van der Waals surface area contributed by atoms with Crippen molar-refractivity contribution in [3.63, 3.8) is 0 Å². The molecule has 0 aliphatic rings. The van der Waals surface area contributed by atoms with Crippen molar-refractivity contribution in [3.05, 3.63) is 47.8 Å². The summed E-state index contributed by atoms with van der Waals surface area (Å²) in [6, 6.07) is 9.71. The second kappa shape index (κ2) is 6.81. The summed E-state index contributed by atoms with van der Waals surface area (Å²) in [6.07, 6.45) is 2.12. The summed E-state index contributed by atoms with van der Waals surface area (Å²) in [5.74, 6) is -0.123. The van der Waals surface area contributed by atoms with Gasteiger partial charge in [-0.3, -0.25) is 4.79 Å². The lowest BCUT2D eigenvalue weighted by atomic mass is 10.1. The van der Waals surface area contributed by atoms with Gasteiger partial charge in [0.1, 0.15) is 6.54 Å². The number of nitrogens with one attached hydrogen (secondary N) is 1. The van der Waals surface area contributed by atoms with Crippen LogP contribution >= 0.6 is 0 Å². The molecular formula is C14H18N4O2. The Kier molecular flexibility index (Phi) is 4.84. The first-order chi connectivity index (χ1) is 9.69. The average molecular weight is 274 g/mol. The van der Waals surface area contributed by atoms with E-state index in [4.69, 9.17) is 5.11 Å². The van der Waals surface area contributed by atoms with Crippen LogP contribution in [0.5, 0.6) is 0 Å². The normalized spacial score (nSPS) is 12.1. The van der Waals surface area contributed by atoms with Gasteiger partial charge in [-0.05, 0) is 12.5 Å². The maximum Gasteiger partial charge on any atom is 0.242 e. The van der Waals surface area contributed by atoms with Crippen LogP contribution in [0.15, 0.2) is 36.5 Å². The Morgan fingerprint density at radius 1 is 1.40 bits per heavy atom. The number of rotatable bonds is 6. The molecule has 1 heterocycles. The van der Waals surface area contributed by atoms with E-state index in [1.807, 2.05) is 37.3 Å². The molecule has 6 heteroatoms. The summed E-state index contributed by atoms with van der Waals surface area (Å²) in [6.45, 7) is 2.08. The number of hydrogen-bond acceptors (Lipinski definition) is 4. The molecule has 1 aromatic carbocycles. The van der Waals surface area contributed by atoms with Crippen molar-refractivity contribution in [3.8, 4) is 0 Å². The van der Waals surface area contributed by atoms with Crippen molar-refractivity contribution in [1.82, 2.24) is 20.3 Å². The Hall–Kier alpha value is -2.21. The Morgan fingerprint density at radius 3 is 2.85 bits per heavy atom. The van der Waals surface area contributed by atoms with Crippen molar-refractivity contribution in [1.29, 1.82) is 0 Å². The van der Waals surface area contributed by atoms with E-state index in [1.165, 1.54) is 4.68 Å². The Labute approximate surface area is 117 Å². The molecule has 0 saturated carbocycles. The molecule has 0 aliphatic carbocycles. The molecule has 20 heavy (non-hydrogen) atoms. The van der Waals surface area contributed by atoms with Gasteiger partial charge in [0.15, 0.2) is 0 Å². The third-order valence-electron chi connectivity index (χ3n) is 2.94. The highest BCUT2D eigenvalue weighted by atomic mass is 16.3. The third-order valence-corrected chi connectivity index (χ3v) is 2.94. The van der Waals surface area contributed by atoms with E-state index in [1.54, 1.807) is 6.20 Å². The molecule has 1 amide bonds. The van der Waals surface area contributed by atoms with Gasteiger partial charge in [0.2, 0.25) is 5.91 Å². The van der Waals surface area contributed by atoms with Gasteiger partial charge in [0, 0.05) is 19.2 Å². The predicted molar refractivity (Wildman–Crippen MR) is 73.8 cm³/mol. The lowest BCUT2D eigenvalue weighted by molar-refractivity contribution is -0.122. The lowest BCUT2D eigenvalue weighted by Gasteiger charge is -2.13. The number of hydrogen-bond donors (Lipinski definition) is 2. The van der Waals surface area contributed by atoms with Crippen LogP contribution in [0.3, 0.4) is 0 Å². The molecular weight excluding hydrogens is 256 g/mol. The van der Waals surface area contributed by atoms with Crippen LogP contribution in [0.2, 0.25) is 0 Å². The molecule has 2 aromatic rings. The molecule has 6 nitrogen and oxygen atoms in total. The fourth-order valence-electron chi connectivity index (χ4n) is 1.90. The van der Waals surface area contributed by atoms with E-state index in [2.05, 4.69) is 15.6 Å². The van der Waals surface area contributed by atoms with E-state index in [9.17, 15) is 4.79 Å². The number of aliphatic hydroxyl groups is 1. The van der Waals surface area contributed by atoms with Gasteiger partial charge in [0.05, 0.1) is 11.7 Å². The van der Waals surface area contributed by atoms with E-state index >= 15 is 0 Å². The van der Waals surface area contributed by atoms with Crippen molar-refractivity contribution < 1.29 is 9.90 Å². The summed E-state index contributed by atoms with van der Waals surface area (Å²) in [5.41, 5.74) is 1.73. The van der Waals surface area contributed by atoms with E-state index in [0.717, 1.165) is 5.56 Å². The molecule has 1 unspecified atom stereocenters. The van der Waals surface area contributed by atoms with Crippen molar-refractivity contribution in [2.24, 2.45) is 0 Å². The van der Waals surface area contributed by atoms with E-state index in [-0.39, 0.29) is 25.1 Å². The lowest BCUT2D eigenvalue weighted by Crippen LogP contribution is -2.30. The molecule has 0 aliphatic heterocycles. The summed E-state index contributed by atoms with van der Waals surface area (Å²) in [4.78, 5) is 11.9. The fraction of sp³-hybridized carbons (Fsp3) is 0.357. The predicted octanol–water partition coefficient (Wildman–Crippen LogP) is 0.690. The van der Waals surface area contributed by atoms with E-state index < -0.39 is 0 Å². The molecule has 0 radical (unpaired) electrons. The molecule has 2 rings (SSSR count). The molecule has 0 spiro atoms. The van der Waals surface area contributed by atoms with Crippen LogP contribution in [0.4, 0.5) is 0 Å². The largest absolute Gasteiger partial charge is 0.396 e. The molecule has 1 aromatic heterocycles. The van der Waals surface area contributed by atoms with Gasteiger partial charge in [0.25, 0.3) is 0 Å². The number of nitrogens with zero attached hydrogens (tertiary/aromatic N) is 3. The summed E-state index contributed by atoms with van der Waals surface area (Å²) < 4.78 is 1.47. The number of amides is 1. The molecule has 0 fully saturated rings. The zero-order chi connectivity index (χ0) is 14.4. The van der Waals surface area contributed by atoms with Gasteiger partial charge in [-0.25, -0.2) is 4.68 Å². The highest BCUT2D eigenvalue weighted by Crippen LogP contribution is 2.10. The van der Waals surface area contributed by atoms with Crippen LogP contribution in [-0.4, -0.2) is 32.6 Å². The Bertz CT molecular complexity index is 553. The first-order valence-corrected chi connectivity index (χ1v) is 6.53. The molecule has 1 atom stereocenters. The smallest absolute Gasteiger partial charge is 0.242 e. The quantitative estimate of drug-likeness (QED) is 0.812. The SMILES string of the molecule is CC(NC(=O)Cn1cc(CCO)nn1)c1ccccc1. The highest BCUT2D eigenvalue weighted by Gasteiger charge is 2.10. The third kappa shape index (κ3) is 3.89. The van der Waals surface area contributed by atoms with Crippen LogP contribution in [-0.2, 0) is 17.8 Å². The average Bonchev–Trinajstić information content (AvgIpc) is 2.87. The minimum Gasteiger partial charge on any atom is -0.396 e. The van der Waals surface area contributed by atoms with Gasteiger partial charge in [-0.2, -0.15) is 0 Å². The Balaban J connectivity index is 1.88. The first kappa shape index (κ1) is 14.2.